The molecular weight excluding hydrogens is 437 g/mol. The second-order valence-corrected chi connectivity index (χ2v) is 8.64. The van der Waals surface area contributed by atoms with E-state index in [2.05, 4.69) is 22.2 Å². The molecule has 0 radical (unpaired) electrons. The van der Waals surface area contributed by atoms with E-state index >= 15 is 0 Å². The van der Waals surface area contributed by atoms with E-state index < -0.39 is 0 Å². The van der Waals surface area contributed by atoms with Crippen LogP contribution in [0.1, 0.15) is 22.3 Å². The van der Waals surface area contributed by atoms with E-state index in [1.54, 1.807) is 27.8 Å². The van der Waals surface area contributed by atoms with Crippen molar-refractivity contribution in [2.45, 2.75) is 13.3 Å². The van der Waals surface area contributed by atoms with Crippen molar-refractivity contribution in [1.29, 1.82) is 0 Å². The van der Waals surface area contributed by atoms with Crippen LogP contribution in [0.3, 0.4) is 0 Å². The Balaban J connectivity index is 1.45. The largest absolute Gasteiger partial charge is 0.311 e. The number of aryl methyl sites for hydroxylation is 1. The van der Waals surface area contributed by atoms with Crippen LogP contribution in [-0.4, -0.2) is 32.8 Å². The number of carbonyl (C=O) groups is 1. The lowest BCUT2D eigenvalue weighted by atomic mass is 10.1. The lowest BCUT2D eigenvalue weighted by molar-refractivity contribution is 0.0993. The van der Waals surface area contributed by atoms with E-state index in [-0.39, 0.29) is 11.7 Å². The number of hydrogen-bond acceptors (Lipinski definition) is 5. The summed E-state index contributed by atoms with van der Waals surface area (Å²) >= 11 is 1.60. The third-order valence-corrected chi connectivity index (χ3v) is 6.62. The summed E-state index contributed by atoms with van der Waals surface area (Å²) in [4.78, 5) is 14.4. The molecule has 0 atom stereocenters. The minimum atomic E-state index is -0.373. The fraction of sp³-hybridized carbons (Fsp3) is 0.120. The zero-order valence-corrected chi connectivity index (χ0v) is 18.9. The molecule has 3 aromatic heterocycles. The van der Waals surface area contributed by atoms with Gasteiger partial charge in [0.15, 0.2) is 0 Å². The van der Waals surface area contributed by atoms with Crippen LogP contribution in [0.5, 0.6) is 0 Å². The van der Waals surface area contributed by atoms with Crippen molar-refractivity contribution < 1.29 is 9.18 Å². The predicted octanol–water partition coefficient (Wildman–Crippen LogP) is 5.50. The number of carbonyl (C=O) groups excluding carboxylic acids is 1. The van der Waals surface area contributed by atoms with Gasteiger partial charge in [0, 0.05) is 35.6 Å². The number of pyridine rings is 1. The molecule has 1 amide bonds. The van der Waals surface area contributed by atoms with Gasteiger partial charge in [-0.3, -0.25) is 4.79 Å². The summed E-state index contributed by atoms with van der Waals surface area (Å²) < 4.78 is 15.0. The molecule has 0 N–H and O–H groups in total. The highest BCUT2D eigenvalue weighted by atomic mass is 32.1. The zero-order chi connectivity index (χ0) is 22.9. The summed E-state index contributed by atoms with van der Waals surface area (Å²) in [6, 6.07) is 17.4. The third-order valence-electron chi connectivity index (χ3n) is 5.50. The molecule has 2 aromatic carbocycles. The smallest absolute Gasteiger partial charge is 0.258 e. The van der Waals surface area contributed by atoms with Crippen molar-refractivity contribution in [2.75, 3.05) is 11.9 Å². The molecule has 0 aliphatic heterocycles. The van der Waals surface area contributed by atoms with E-state index in [1.165, 1.54) is 24.3 Å². The van der Waals surface area contributed by atoms with Crippen molar-refractivity contribution in [3.63, 3.8) is 0 Å². The summed E-state index contributed by atoms with van der Waals surface area (Å²) in [6.45, 7) is 2.07. The molecule has 6 nitrogen and oxygen atoms in total. The Hall–Kier alpha value is -3.91. The molecule has 0 fully saturated rings. The van der Waals surface area contributed by atoms with Crippen LogP contribution in [0.25, 0.3) is 27.2 Å². The molecule has 164 valence electrons. The van der Waals surface area contributed by atoms with Crippen LogP contribution in [0.4, 0.5) is 10.1 Å². The average Bonchev–Trinajstić information content (AvgIpc) is 3.50. The van der Waals surface area contributed by atoms with Crippen molar-refractivity contribution in [2.24, 2.45) is 0 Å². The van der Waals surface area contributed by atoms with Gasteiger partial charge in [-0.15, -0.1) is 10.2 Å². The van der Waals surface area contributed by atoms with Gasteiger partial charge in [0.05, 0.1) is 11.7 Å². The Morgan fingerprint density at radius 1 is 1.03 bits per heavy atom. The second-order valence-electron chi connectivity index (χ2n) is 7.58. The van der Waals surface area contributed by atoms with Gasteiger partial charge in [-0.05, 0) is 48.4 Å². The number of amides is 1. The lowest BCUT2D eigenvalue weighted by Crippen LogP contribution is -2.26. The maximum atomic E-state index is 13.2. The summed E-state index contributed by atoms with van der Waals surface area (Å²) in [5.41, 5.74) is 5.01. The Bertz CT molecular complexity index is 1440. The fourth-order valence-electron chi connectivity index (χ4n) is 3.61. The van der Waals surface area contributed by atoms with Crippen molar-refractivity contribution >= 4 is 28.4 Å². The number of halogens is 1. The first-order valence-electron chi connectivity index (χ1n) is 10.5. The molecule has 0 saturated heterocycles. The monoisotopic (exact) mass is 457 g/mol. The summed E-state index contributed by atoms with van der Waals surface area (Å²) in [5, 5.41) is 14.8. The lowest BCUT2D eigenvalue weighted by Gasteiger charge is -2.18. The Morgan fingerprint density at radius 3 is 2.45 bits per heavy atom. The van der Waals surface area contributed by atoms with Crippen molar-refractivity contribution in [1.82, 2.24) is 19.8 Å². The normalized spacial score (nSPS) is 11.1. The van der Waals surface area contributed by atoms with Crippen LogP contribution < -0.4 is 4.90 Å². The van der Waals surface area contributed by atoms with Crippen LogP contribution in [0.2, 0.25) is 0 Å². The standard InChI is InChI=1S/C25H20FN5OS/c1-3-23-28-29-24(33-23)17-6-4-16(5-7-17)21-15-27-31-13-12-20(14-22(21)31)30(2)25(32)18-8-10-19(26)11-9-18/h4-15H,3H2,1-2H3. The predicted molar refractivity (Wildman–Crippen MR) is 128 cm³/mol. The highest BCUT2D eigenvalue weighted by Gasteiger charge is 2.16. The molecular formula is C25H20FN5OS. The van der Waals surface area contributed by atoms with Gasteiger partial charge < -0.3 is 4.90 Å². The summed E-state index contributed by atoms with van der Waals surface area (Å²) in [7, 11) is 1.70. The van der Waals surface area contributed by atoms with Gasteiger partial charge in [0.2, 0.25) is 0 Å². The first-order valence-corrected chi connectivity index (χ1v) is 11.3. The zero-order valence-electron chi connectivity index (χ0n) is 18.1. The van der Waals surface area contributed by atoms with E-state index in [0.29, 0.717) is 5.56 Å². The van der Waals surface area contributed by atoms with Crippen molar-refractivity contribution in [3.05, 3.63) is 89.4 Å². The maximum Gasteiger partial charge on any atom is 0.258 e. The third kappa shape index (κ3) is 4.01. The summed E-state index contributed by atoms with van der Waals surface area (Å²) in [5.74, 6) is -0.587. The Labute approximate surface area is 194 Å². The highest BCUT2D eigenvalue weighted by molar-refractivity contribution is 7.14. The minimum absolute atomic E-state index is 0.215. The SMILES string of the molecule is CCc1nnc(-c2ccc(-c3cnn4ccc(N(C)C(=O)c5ccc(F)cc5)cc34)cc2)s1. The van der Waals surface area contributed by atoms with Crippen LogP contribution >= 0.6 is 11.3 Å². The number of benzene rings is 2. The van der Waals surface area contributed by atoms with E-state index in [1.807, 2.05) is 48.8 Å². The molecule has 3 heterocycles. The number of rotatable bonds is 5. The highest BCUT2D eigenvalue weighted by Crippen LogP contribution is 2.30. The maximum absolute atomic E-state index is 13.2. The molecule has 0 saturated carbocycles. The molecule has 0 aliphatic carbocycles. The van der Waals surface area contributed by atoms with E-state index in [9.17, 15) is 9.18 Å². The number of hydrogen-bond donors (Lipinski definition) is 0. The van der Waals surface area contributed by atoms with E-state index in [4.69, 9.17) is 0 Å². The van der Waals surface area contributed by atoms with Gasteiger partial charge in [-0.2, -0.15) is 5.10 Å². The molecule has 0 spiro atoms. The van der Waals surface area contributed by atoms with Crippen LogP contribution in [-0.2, 0) is 6.42 Å². The van der Waals surface area contributed by atoms with Gasteiger partial charge in [-0.1, -0.05) is 42.5 Å². The quantitative estimate of drug-likeness (QED) is 0.350. The minimum Gasteiger partial charge on any atom is -0.311 e. The number of aromatic nitrogens is 4. The number of fused-ring (bicyclic) bond motifs is 1. The molecule has 0 aliphatic rings. The summed E-state index contributed by atoms with van der Waals surface area (Å²) in [6.07, 6.45) is 4.51. The first kappa shape index (κ1) is 21.0. The molecule has 33 heavy (non-hydrogen) atoms. The van der Waals surface area contributed by atoms with Crippen LogP contribution in [0.15, 0.2) is 73.1 Å². The van der Waals surface area contributed by atoms with Crippen molar-refractivity contribution in [3.8, 4) is 21.7 Å². The fourth-order valence-corrected chi connectivity index (χ4v) is 4.39. The molecule has 5 aromatic rings. The molecule has 8 heteroatoms. The Kier molecular flexibility index (Phi) is 5.43. The molecule has 5 rings (SSSR count). The first-order chi connectivity index (χ1) is 16.0. The second kappa shape index (κ2) is 8.55. The molecule has 0 unspecified atom stereocenters. The topological polar surface area (TPSA) is 63.4 Å². The number of anilines is 1. The Morgan fingerprint density at radius 2 is 1.76 bits per heavy atom. The van der Waals surface area contributed by atoms with Gasteiger partial charge in [0.1, 0.15) is 15.8 Å². The van der Waals surface area contributed by atoms with Gasteiger partial charge in [-0.25, -0.2) is 8.91 Å². The number of nitrogens with zero attached hydrogens (tertiary/aromatic N) is 5. The average molecular weight is 458 g/mol. The van der Waals surface area contributed by atoms with Gasteiger partial charge >= 0.3 is 0 Å². The van der Waals surface area contributed by atoms with E-state index in [0.717, 1.165) is 44.3 Å². The molecule has 0 bridgehead atoms. The van der Waals surface area contributed by atoms with Gasteiger partial charge in [0.25, 0.3) is 5.91 Å². The van der Waals surface area contributed by atoms with Crippen LogP contribution in [0, 0.1) is 5.82 Å².